The molecule has 1 fully saturated rings. The summed E-state index contributed by atoms with van der Waals surface area (Å²) in [4.78, 5) is 4.04. The van der Waals surface area contributed by atoms with Crippen molar-refractivity contribution in [1.29, 1.82) is 0 Å². The Morgan fingerprint density at radius 2 is 2.25 bits per heavy atom. The topological polar surface area (TPSA) is 54.7 Å². The molecule has 1 N–H and O–H groups in total. The largest absolute Gasteiger partial charge is 0.411 e. The van der Waals surface area contributed by atoms with E-state index >= 15 is 0 Å². The predicted molar refractivity (Wildman–Crippen MR) is 60.5 cm³/mol. The Labute approximate surface area is 95.0 Å². The van der Waals surface area contributed by atoms with Crippen LogP contribution in [0.15, 0.2) is 29.7 Å². The normalized spacial score (nSPS) is 20.8. The average Bonchev–Trinajstić information content (AvgIpc) is 2.38. The van der Waals surface area contributed by atoms with E-state index in [-0.39, 0.29) is 6.10 Å². The van der Waals surface area contributed by atoms with E-state index in [2.05, 4.69) is 10.1 Å². The lowest BCUT2D eigenvalue weighted by Gasteiger charge is -2.22. The molecule has 4 nitrogen and oxygen atoms in total. The van der Waals surface area contributed by atoms with Gasteiger partial charge < -0.3 is 9.94 Å². The first-order valence-electron chi connectivity index (χ1n) is 5.59. The van der Waals surface area contributed by atoms with Crippen molar-refractivity contribution in [3.63, 3.8) is 0 Å². The summed E-state index contributed by atoms with van der Waals surface area (Å²) in [5, 5.41) is 11.9. The summed E-state index contributed by atoms with van der Waals surface area (Å²) < 4.78 is 5.79. The maximum Gasteiger partial charge on any atom is 0.0735 e. The van der Waals surface area contributed by atoms with E-state index in [1.54, 1.807) is 6.20 Å². The molecule has 2 rings (SSSR count). The standard InChI is InChI=1S/C12H16N2O2/c15-14-11-3-5-12(6-4-11)16-9-10-2-1-7-13-8-10/h1-2,7-8,12,15H,3-6,9H2. The van der Waals surface area contributed by atoms with E-state index in [1.165, 1.54) is 0 Å². The molecule has 1 saturated carbocycles. The summed E-state index contributed by atoms with van der Waals surface area (Å²) in [6.45, 7) is 0.615. The highest BCUT2D eigenvalue weighted by Crippen LogP contribution is 2.19. The Bertz CT molecular complexity index is 341. The van der Waals surface area contributed by atoms with Crippen LogP contribution in [0.1, 0.15) is 31.2 Å². The van der Waals surface area contributed by atoms with Crippen molar-refractivity contribution in [1.82, 2.24) is 4.98 Å². The SMILES string of the molecule is ON=C1CCC(OCc2cccnc2)CC1. The zero-order valence-corrected chi connectivity index (χ0v) is 9.17. The number of ether oxygens (including phenoxy) is 1. The molecule has 1 aliphatic carbocycles. The van der Waals surface area contributed by atoms with Crippen LogP contribution in [-0.2, 0) is 11.3 Å². The van der Waals surface area contributed by atoms with Gasteiger partial charge in [-0.2, -0.15) is 0 Å². The highest BCUT2D eigenvalue weighted by Gasteiger charge is 2.18. The van der Waals surface area contributed by atoms with Gasteiger partial charge in [-0.25, -0.2) is 0 Å². The van der Waals surface area contributed by atoms with Crippen LogP contribution in [0.4, 0.5) is 0 Å². The maximum absolute atomic E-state index is 8.62. The van der Waals surface area contributed by atoms with Crippen molar-refractivity contribution in [3.05, 3.63) is 30.1 Å². The van der Waals surface area contributed by atoms with Crippen molar-refractivity contribution < 1.29 is 9.94 Å². The molecule has 86 valence electrons. The number of aromatic nitrogens is 1. The Kier molecular flexibility index (Phi) is 3.88. The first-order valence-corrected chi connectivity index (χ1v) is 5.59. The molecular formula is C12H16N2O2. The molecule has 0 saturated heterocycles. The van der Waals surface area contributed by atoms with Gasteiger partial charge in [-0.05, 0) is 37.3 Å². The van der Waals surface area contributed by atoms with Crippen molar-refractivity contribution in [3.8, 4) is 0 Å². The fourth-order valence-electron chi connectivity index (χ4n) is 1.89. The van der Waals surface area contributed by atoms with E-state index in [0.29, 0.717) is 6.61 Å². The molecule has 0 unspecified atom stereocenters. The Morgan fingerprint density at radius 1 is 1.44 bits per heavy atom. The van der Waals surface area contributed by atoms with Gasteiger partial charge in [0.2, 0.25) is 0 Å². The number of pyridine rings is 1. The van der Waals surface area contributed by atoms with Crippen LogP contribution in [0.5, 0.6) is 0 Å². The minimum atomic E-state index is 0.283. The second kappa shape index (κ2) is 5.61. The third-order valence-corrected chi connectivity index (χ3v) is 2.86. The molecule has 0 atom stereocenters. The Balaban J connectivity index is 1.76. The van der Waals surface area contributed by atoms with Gasteiger partial charge in [0.15, 0.2) is 0 Å². The zero-order valence-electron chi connectivity index (χ0n) is 9.17. The molecule has 1 aromatic heterocycles. The quantitative estimate of drug-likeness (QED) is 0.628. The fraction of sp³-hybridized carbons (Fsp3) is 0.500. The van der Waals surface area contributed by atoms with Crippen molar-refractivity contribution in [2.75, 3.05) is 0 Å². The van der Waals surface area contributed by atoms with Gasteiger partial charge in [-0.1, -0.05) is 11.2 Å². The van der Waals surface area contributed by atoms with Gasteiger partial charge in [0.05, 0.1) is 18.4 Å². The molecule has 0 amide bonds. The number of hydrogen-bond acceptors (Lipinski definition) is 4. The van der Waals surface area contributed by atoms with Crippen LogP contribution in [0.25, 0.3) is 0 Å². The second-order valence-electron chi connectivity index (χ2n) is 4.04. The second-order valence-corrected chi connectivity index (χ2v) is 4.04. The van der Waals surface area contributed by atoms with Crippen LogP contribution >= 0.6 is 0 Å². The van der Waals surface area contributed by atoms with Crippen LogP contribution in [-0.4, -0.2) is 22.0 Å². The smallest absolute Gasteiger partial charge is 0.0735 e. The molecule has 0 spiro atoms. The number of hydrogen-bond donors (Lipinski definition) is 1. The van der Waals surface area contributed by atoms with Gasteiger partial charge in [0, 0.05) is 12.4 Å². The first-order chi connectivity index (χ1) is 7.88. The first kappa shape index (κ1) is 11.1. The molecular weight excluding hydrogens is 204 g/mol. The Morgan fingerprint density at radius 3 is 2.88 bits per heavy atom. The molecule has 1 aromatic rings. The van der Waals surface area contributed by atoms with Crippen molar-refractivity contribution in [2.24, 2.45) is 5.16 Å². The third kappa shape index (κ3) is 3.03. The monoisotopic (exact) mass is 220 g/mol. The van der Waals surface area contributed by atoms with Gasteiger partial charge in [0.25, 0.3) is 0 Å². The van der Waals surface area contributed by atoms with Gasteiger partial charge in [-0.3, -0.25) is 4.98 Å². The Hall–Kier alpha value is -1.42. The zero-order chi connectivity index (χ0) is 11.2. The van der Waals surface area contributed by atoms with E-state index in [0.717, 1.165) is 37.0 Å². The van der Waals surface area contributed by atoms with Gasteiger partial charge in [-0.15, -0.1) is 0 Å². The highest BCUT2D eigenvalue weighted by atomic mass is 16.5. The fourth-order valence-corrected chi connectivity index (χ4v) is 1.89. The molecule has 0 aromatic carbocycles. The minimum Gasteiger partial charge on any atom is -0.411 e. The maximum atomic E-state index is 8.62. The molecule has 1 heterocycles. The summed E-state index contributed by atoms with van der Waals surface area (Å²) in [6.07, 6.45) is 7.44. The number of oxime groups is 1. The molecule has 0 bridgehead atoms. The van der Waals surface area contributed by atoms with E-state index < -0.39 is 0 Å². The molecule has 0 radical (unpaired) electrons. The van der Waals surface area contributed by atoms with Gasteiger partial charge >= 0.3 is 0 Å². The van der Waals surface area contributed by atoms with Crippen molar-refractivity contribution in [2.45, 2.75) is 38.4 Å². The minimum absolute atomic E-state index is 0.283. The molecule has 1 aliphatic rings. The predicted octanol–water partition coefficient (Wildman–Crippen LogP) is 2.37. The van der Waals surface area contributed by atoms with Gasteiger partial charge in [0.1, 0.15) is 0 Å². The van der Waals surface area contributed by atoms with Crippen LogP contribution in [0.2, 0.25) is 0 Å². The summed E-state index contributed by atoms with van der Waals surface area (Å²) in [5.41, 5.74) is 1.99. The lowest BCUT2D eigenvalue weighted by Crippen LogP contribution is -2.21. The van der Waals surface area contributed by atoms with Crippen LogP contribution in [0, 0.1) is 0 Å². The lowest BCUT2D eigenvalue weighted by atomic mass is 9.96. The van der Waals surface area contributed by atoms with Crippen LogP contribution < -0.4 is 0 Å². The summed E-state index contributed by atoms with van der Waals surface area (Å²) in [7, 11) is 0. The van der Waals surface area contributed by atoms with E-state index in [9.17, 15) is 0 Å². The van der Waals surface area contributed by atoms with Crippen LogP contribution in [0.3, 0.4) is 0 Å². The molecule has 4 heteroatoms. The third-order valence-electron chi connectivity index (χ3n) is 2.86. The number of rotatable bonds is 3. The van der Waals surface area contributed by atoms with E-state index in [4.69, 9.17) is 9.94 Å². The number of nitrogens with zero attached hydrogens (tertiary/aromatic N) is 2. The van der Waals surface area contributed by atoms with Crippen molar-refractivity contribution >= 4 is 5.71 Å². The summed E-state index contributed by atoms with van der Waals surface area (Å²) in [5.74, 6) is 0. The van der Waals surface area contributed by atoms with E-state index in [1.807, 2.05) is 18.3 Å². The molecule has 0 aliphatic heterocycles. The summed E-state index contributed by atoms with van der Waals surface area (Å²) in [6, 6.07) is 3.92. The molecule has 16 heavy (non-hydrogen) atoms. The highest BCUT2D eigenvalue weighted by molar-refractivity contribution is 5.84. The average molecular weight is 220 g/mol. The lowest BCUT2D eigenvalue weighted by molar-refractivity contribution is 0.0276. The summed E-state index contributed by atoms with van der Waals surface area (Å²) >= 11 is 0.